The van der Waals surface area contributed by atoms with Crippen LogP contribution in [0.1, 0.15) is 32.3 Å². The Hall–Kier alpha value is -2.24. The van der Waals surface area contributed by atoms with E-state index in [2.05, 4.69) is 10.6 Å². The van der Waals surface area contributed by atoms with Crippen molar-refractivity contribution < 1.29 is 19.1 Å². The summed E-state index contributed by atoms with van der Waals surface area (Å²) in [6, 6.07) is 5.56. The van der Waals surface area contributed by atoms with Gasteiger partial charge in [0.05, 0.1) is 20.8 Å². The summed E-state index contributed by atoms with van der Waals surface area (Å²) in [5, 5.41) is 5.48. The van der Waals surface area contributed by atoms with Gasteiger partial charge in [0, 0.05) is 12.5 Å². The fourth-order valence-electron chi connectivity index (χ4n) is 2.45. The van der Waals surface area contributed by atoms with E-state index in [4.69, 9.17) is 9.47 Å². The lowest BCUT2D eigenvalue weighted by Gasteiger charge is -2.13. The van der Waals surface area contributed by atoms with Crippen LogP contribution in [0, 0.1) is 5.92 Å². The zero-order chi connectivity index (χ0) is 17.9. The van der Waals surface area contributed by atoms with Gasteiger partial charge in [0.15, 0.2) is 0 Å². The Morgan fingerprint density at radius 2 is 1.79 bits per heavy atom. The maximum absolute atomic E-state index is 11.8. The van der Waals surface area contributed by atoms with E-state index >= 15 is 0 Å². The lowest BCUT2D eigenvalue weighted by molar-refractivity contribution is -0.128. The Bertz CT molecular complexity index is 542. The van der Waals surface area contributed by atoms with Crippen LogP contribution in [0.15, 0.2) is 18.2 Å². The van der Waals surface area contributed by atoms with Gasteiger partial charge in [0.1, 0.15) is 11.5 Å². The molecule has 0 fully saturated rings. The van der Waals surface area contributed by atoms with Crippen molar-refractivity contribution in [3.05, 3.63) is 23.8 Å². The van der Waals surface area contributed by atoms with Gasteiger partial charge in [-0.1, -0.05) is 13.8 Å². The summed E-state index contributed by atoms with van der Waals surface area (Å²) in [7, 11) is 3.22. The Morgan fingerprint density at radius 3 is 2.38 bits per heavy atom. The smallest absolute Gasteiger partial charge is 0.239 e. The number of ether oxygens (including phenoxy) is 2. The Kier molecular flexibility index (Phi) is 8.68. The third-order valence-corrected chi connectivity index (χ3v) is 3.98. The van der Waals surface area contributed by atoms with E-state index in [0.717, 1.165) is 29.9 Å². The molecule has 0 aromatic heterocycles. The van der Waals surface area contributed by atoms with Crippen LogP contribution in [0.2, 0.25) is 0 Å². The molecule has 0 heterocycles. The molecule has 1 aromatic rings. The highest BCUT2D eigenvalue weighted by Gasteiger charge is 2.14. The van der Waals surface area contributed by atoms with Gasteiger partial charge in [-0.25, -0.2) is 0 Å². The molecule has 0 aliphatic heterocycles. The average Bonchev–Trinajstić information content (AvgIpc) is 2.60. The molecule has 0 bridgehead atoms. The molecular formula is C18H28N2O4. The Morgan fingerprint density at radius 1 is 1.08 bits per heavy atom. The molecule has 24 heavy (non-hydrogen) atoms. The minimum Gasteiger partial charge on any atom is -0.497 e. The highest BCUT2D eigenvalue weighted by molar-refractivity contribution is 5.85. The zero-order valence-electron chi connectivity index (χ0n) is 15.0. The molecule has 0 spiro atoms. The van der Waals surface area contributed by atoms with Gasteiger partial charge >= 0.3 is 0 Å². The second-order valence-electron chi connectivity index (χ2n) is 5.51. The minimum atomic E-state index is -0.198. The van der Waals surface area contributed by atoms with Crippen molar-refractivity contribution in [2.75, 3.05) is 27.3 Å². The minimum absolute atomic E-state index is 0.00454. The molecule has 0 aliphatic rings. The summed E-state index contributed by atoms with van der Waals surface area (Å²) in [6.45, 7) is 4.40. The van der Waals surface area contributed by atoms with Gasteiger partial charge in [0.25, 0.3) is 0 Å². The first-order chi connectivity index (χ1) is 11.5. The van der Waals surface area contributed by atoms with Crippen molar-refractivity contribution in [3.8, 4) is 11.5 Å². The van der Waals surface area contributed by atoms with Crippen LogP contribution in [0.3, 0.4) is 0 Å². The van der Waals surface area contributed by atoms with Gasteiger partial charge in [0.2, 0.25) is 11.8 Å². The zero-order valence-corrected chi connectivity index (χ0v) is 15.0. The third kappa shape index (κ3) is 6.10. The third-order valence-electron chi connectivity index (χ3n) is 3.98. The molecule has 134 valence electrons. The lowest BCUT2D eigenvalue weighted by atomic mass is 10.0. The Balaban J connectivity index is 2.42. The molecule has 0 radical (unpaired) electrons. The standard InChI is InChI=1S/C18H28N2O4/c1-5-13(6-2)18(22)20-12-17(21)19-10-9-14-11-15(23-3)7-8-16(14)24-4/h7-8,11,13H,5-6,9-10,12H2,1-4H3,(H,19,21)(H,20,22). The molecular weight excluding hydrogens is 308 g/mol. The van der Waals surface area contributed by atoms with Crippen LogP contribution in [-0.2, 0) is 16.0 Å². The molecule has 6 heteroatoms. The highest BCUT2D eigenvalue weighted by Crippen LogP contribution is 2.24. The maximum Gasteiger partial charge on any atom is 0.239 e. The van der Waals surface area contributed by atoms with Crippen LogP contribution >= 0.6 is 0 Å². The second-order valence-corrected chi connectivity index (χ2v) is 5.51. The fraction of sp³-hybridized carbons (Fsp3) is 0.556. The van der Waals surface area contributed by atoms with Gasteiger partial charge in [-0.3, -0.25) is 9.59 Å². The van der Waals surface area contributed by atoms with Crippen LogP contribution in [0.4, 0.5) is 0 Å². The molecule has 6 nitrogen and oxygen atoms in total. The number of hydrogen-bond acceptors (Lipinski definition) is 4. The molecule has 0 atom stereocenters. The quantitative estimate of drug-likeness (QED) is 0.684. The van der Waals surface area contributed by atoms with E-state index < -0.39 is 0 Å². The summed E-state index contributed by atoms with van der Waals surface area (Å²) in [5.74, 6) is 1.21. The van der Waals surface area contributed by atoms with Gasteiger partial charge < -0.3 is 20.1 Å². The summed E-state index contributed by atoms with van der Waals surface area (Å²) in [5.41, 5.74) is 0.957. The van der Waals surface area contributed by atoms with Crippen molar-refractivity contribution in [1.29, 1.82) is 0 Å². The van der Waals surface area contributed by atoms with Crippen LogP contribution in [-0.4, -0.2) is 39.1 Å². The number of benzene rings is 1. The largest absolute Gasteiger partial charge is 0.497 e. The SMILES string of the molecule is CCC(CC)C(=O)NCC(=O)NCCc1cc(OC)ccc1OC. The summed E-state index contributed by atoms with van der Waals surface area (Å²) in [6.07, 6.45) is 2.17. The topological polar surface area (TPSA) is 76.7 Å². The maximum atomic E-state index is 11.8. The van der Waals surface area contributed by atoms with E-state index in [1.54, 1.807) is 14.2 Å². The number of nitrogens with one attached hydrogen (secondary N) is 2. The van der Waals surface area contributed by atoms with E-state index in [-0.39, 0.29) is 24.3 Å². The average molecular weight is 336 g/mol. The van der Waals surface area contributed by atoms with E-state index in [1.807, 2.05) is 32.0 Å². The Labute approximate surface area is 143 Å². The number of amides is 2. The molecule has 1 aromatic carbocycles. The van der Waals surface area contributed by atoms with Crippen molar-refractivity contribution in [3.63, 3.8) is 0 Å². The van der Waals surface area contributed by atoms with Gasteiger partial charge in [-0.2, -0.15) is 0 Å². The van der Waals surface area contributed by atoms with E-state index in [0.29, 0.717) is 13.0 Å². The lowest BCUT2D eigenvalue weighted by Crippen LogP contribution is -2.40. The molecule has 0 saturated carbocycles. The number of carbonyl (C=O) groups excluding carboxylic acids is 2. The summed E-state index contributed by atoms with van der Waals surface area (Å²) < 4.78 is 10.5. The van der Waals surface area contributed by atoms with Crippen molar-refractivity contribution in [2.45, 2.75) is 33.1 Å². The van der Waals surface area contributed by atoms with Gasteiger partial charge in [-0.15, -0.1) is 0 Å². The first kappa shape index (κ1) is 19.8. The summed E-state index contributed by atoms with van der Waals surface area (Å²) in [4.78, 5) is 23.7. The van der Waals surface area contributed by atoms with Crippen LogP contribution in [0.5, 0.6) is 11.5 Å². The fourth-order valence-corrected chi connectivity index (χ4v) is 2.45. The number of methoxy groups -OCH3 is 2. The highest BCUT2D eigenvalue weighted by atomic mass is 16.5. The monoisotopic (exact) mass is 336 g/mol. The van der Waals surface area contributed by atoms with Crippen LogP contribution < -0.4 is 20.1 Å². The molecule has 2 N–H and O–H groups in total. The van der Waals surface area contributed by atoms with Crippen molar-refractivity contribution in [1.82, 2.24) is 10.6 Å². The number of hydrogen-bond donors (Lipinski definition) is 2. The predicted octanol–water partition coefficient (Wildman–Crippen LogP) is 1.91. The number of carbonyl (C=O) groups is 2. The molecule has 0 aliphatic carbocycles. The first-order valence-electron chi connectivity index (χ1n) is 8.30. The van der Waals surface area contributed by atoms with Crippen LogP contribution in [0.25, 0.3) is 0 Å². The molecule has 1 rings (SSSR count). The van der Waals surface area contributed by atoms with E-state index in [9.17, 15) is 9.59 Å². The number of rotatable bonds is 10. The first-order valence-corrected chi connectivity index (χ1v) is 8.30. The molecule has 0 saturated heterocycles. The molecule has 2 amide bonds. The normalized spacial score (nSPS) is 10.4. The molecule has 0 unspecified atom stereocenters. The van der Waals surface area contributed by atoms with Crippen molar-refractivity contribution in [2.24, 2.45) is 5.92 Å². The summed E-state index contributed by atoms with van der Waals surface area (Å²) >= 11 is 0. The van der Waals surface area contributed by atoms with E-state index in [1.165, 1.54) is 0 Å². The van der Waals surface area contributed by atoms with Crippen molar-refractivity contribution >= 4 is 11.8 Å². The second kappa shape index (κ2) is 10.5. The van der Waals surface area contributed by atoms with Gasteiger partial charge in [-0.05, 0) is 43.0 Å². The predicted molar refractivity (Wildman–Crippen MR) is 93.3 cm³/mol.